The number of carbonyl (C=O) groups excluding carboxylic acids is 1. The summed E-state index contributed by atoms with van der Waals surface area (Å²) in [5, 5.41) is 11.0. The second-order valence-electron chi connectivity index (χ2n) is 6.65. The maximum absolute atomic E-state index is 13.2. The van der Waals surface area contributed by atoms with Gasteiger partial charge in [0, 0.05) is 11.6 Å². The van der Waals surface area contributed by atoms with Crippen LogP contribution in [0.3, 0.4) is 0 Å². The van der Waals surface area contributed by atoms with E-state index in [0.29, 0.717) is 28.7 Å². The lowest BCUT2D eigenvalue weighted by molar-refractivity contribution is 0.0948. The first-order valence-corrected chi connectivity index (χ1v) is 9.69. The largest absolute Gasteiger partial charge is 0.495 e. The van der Waals surface area contributed by atoms with E-state index in [2.05, 4.69) is 15.7 Å². The number of rotatable bonds is 7. The highest BCUT2D eigenvalue weighted by atomic mass is 16.5. The van der Waals surface area contributed by atoms with E-state index in [0.717, 1.165) is 11.4 Å². The number of para-hydroxylation sites is 4. The molecule has 0 atom stereocenters. The minimum absolute atomic E-state index is 0.258. The van der Waals surface area contributed by atoms with Crippen LogP contribution in [0.2, 0.25) is 0 Å². The van der Waals surface area contributed by atoms with E-state index in [4.69, 9.17) is 9.47 Å². The fourth-order valence-electron chi connectivity index (χ4n) is 3.16. The Morgan fingerprint density at radius 2 is 1.32 bits per heavy atom. The average Bonchev–Trinajstić information content (AvgIpc) is 3.21. The van der Waals surface area contributed by atoms with Crippen LogP contribution in [0.4, 0.5) is 23.0 Å². The normalized spacial score (nSPS) is 10.4. The molecule has 0 spiro atoms. The molecule has 3 aromatic carbocycles. The van der Waals surface area contributed by atoms with Gasteiger partial charge in [0.05, 0.1) is 25.6 Å². The smallest absolute Gasteiger partial charge is 0.280 e. The van der Waals surface area contributed by atoms with Crippen molar-refractivity contribution in [1.29, 1.82) is 0 Å². The Kier molecular flexibility index (Phi) is 5.84. The first-order valence-electron chi connectivity index (χ1n) is 9.69. The summed E-state index contributed by atoms with van der Waals surface area (Å²) in [6, 6.07) is 25.8. The van der Waals surface area contributed by atoms with Crippen LogP contribution in [0.5, 0.6) is 11.5 Å². The van der Waals surface area contributed by atoms with Crippen molar-refractivity contribution in [3.8, 4) is 11.5 Å². The van der Waals surface area contributed by atoms with Crippen LogP contribution in [0.15, 0.2) is 84.9 Å². The van der Waals surface area contributed by atoms with Crippen molar-refractivity contribution in [2.75, 3.05) is 24.9 Å². The minimum Gasteiger partial charge on any atom is -0.495 e. The zero-order valence-corrected chi connectivity index (χ0v) is 17.2. The third-order valence-corrected chi connectivity index (χ3v) is 4.66. The molecular weight excluding hydrogens is 392 g/mol. The minimum atomic E-state index is -0.258. The molecule has 0 saturated heterocycles. The molecule has 0 saturated carbocycles. The zero-order chi connectivity index (χ0) is 21.6. The van der Waals surface area contributed by atoms with Gasteiger partial charge in [-0.2, -0.15) is 4.68 Å². The molecule has 0 aliphatic rings. The number of carbonyl (C=O) groups is 1. The Bertz CT molecular complexity index is 1190. The van der Waals surface area contributed by atoms with E-state index < -0.39 is 0 Å². The van der Waals surface area contributed by atoms with Crippen LogP contribution in [0.25, 0.3) is 0 Å². The molecule has 1 heterocycles. The van der Waals surface area contributed by atoms with Gasteiger partial charge >= 0.3 is 0 Å². The summed E-state index contributed by atoms with van der Waals surface area (Å²) >= 11 is 0. The van der Waals surface area contributed by atoms with Crippen LogP contribution in [0.1, 0.15) is 10.4 Å². The second-order valence-corrected chi connectivity index (χ2v) is 6.65. The molecule has 4 rings (SSSR count). The number of nitrogens with zero attached hydrogens (tertiary/aromatic N) is 2. The van der Waals surface area contributed by atoms with Gasteiger partial charge in [0.25, 0.3) is 5.91 Å². The van der Waals surface area contributed by atoms with Gasteiger partial charge in [-0.3, -0.25) is 4.79 Å². The highest BCUT2D eigenvalue weighted by molar-refractivity contribution is 5.98. The van der Waals surface area contributed by atoms with Gasteiger partial charge in [-0.1, -0.05) is 42.5 Å². The van der Waals surface area contributed by atoms with Crippen molar-refractivity contribution in [2.45, 2.75) is 0 Å². The second kappa shape index (κ2) is 9.04. The molecule has 0 fully saturated rings. The summed E-state index contributed by atoms with van der Waals surface area (Å²) in [7, 11) is 3.20. The maximum Gasteiger partial charge on any atom is 0.280 e. The Labute approximate surface area is 180 Å². The van der Waals surface area contributed by atoms with Crippen LogP contribution in [-0.2, 0) is 0 Å². The molecular formula is C24H22N4O3. The third-order valence-electron chi connectivity index (χ3n) is 4.66. The Hall–Kier alpha value is -4.26. The van der Waals surface area contributed by atoms with E-state index in [-0.39, 0.29) is 5.91 Å². The van der Waals surface area contributed by atoms with Gasteiger partial charge in [0.2, 0.25) is 0 Å². The van der Waals surface area contributed by atoms with Crippen LogP contribution >= 0.6 is 0 Å². The van der Waals surface area contributed by atoms with Crippen molar-refractivity contribution in [3.05, 3.63) is 90.5 Å². The number of ether oxygens (including phenoxy) is 2. The fraction of sp³-hybridized carbons (Fsp3) is 0.0833. The molecule has 0 aliphatic heterocycles. The van der Waals surface area contributed by atoms with Gasteiger partial charge in [-0.15, -0.1) is 5.10 Å². The van der Waals surface area contributed by atoms with Gasteiger partial charge in [-0.05, 0) is 36.4 Å². The van der Waals surface area contributed by atoms with E-state index in [1.54, 1.807) is 32.4 Å². The van der Waals surface area contributed by atoms with Crippen molar-refractivity contribution in [2.24, 2.45) is 0 Å². The summed E-state index contributed by atoms with van der Waals surface area (Å²) in [5.74, 6) is 2.06. The van der Waals surface area contributed by atoms with Crippen LogP contribution in [0, 0.1) is 0 Å². The van der Waals surface area contributed by atoms with Gasteiger partial charge in [0.15, 0.2) is 5.82 Å². The lowest BCUT2D eigenvalue weighted by Gasteiger charge is -2.11. The molecule has 1 aromatic heterocycles. The summed E-state index contributed by atoms with van der Waals surface area (Å²) in [6.07, 6.45) is 0. The molecule has 0 bridgehead atoms. The highest BCUT2D eigenvalue weighted by Gasteiger charge is 2.18. The third kappa shape index (κ3) is 4.35. The number of hydrogen-bond donors (Lipinski definition) is 2. The van der Waals surface area contributed by atoms with E-state index >= 15 is 0 Å². The average molecular weight is 414 g/mol. The molecule has 7 nitrogen and oxygen atoms in total. The van der Waals surface area contributed by atoms with Gasteiger partial charge in [-0.25, -0.2) is 0 Å². The Morgan fingerprint density at radius 3 is 1.94 bits per heavy atom. The SMILES string of the molecule is COc1ccccc1Nc1cc(Nc2ccccc2OC)n(C(=O)c2ccccc2)n1. The highest BCUT2D eigenvalue weighted by Crippen LogP contribution is 2.31. The number of nitrogens with one attached hydrogen (secondary N) is 2. The van der Waals surface area contributed by atoms with Crippen molar-refractivity contribution >= 4 is 28.9 Å². The monoisotopic (exact) mass is 414 g/mol. The summed E-state index contributed by atoms with van der Waals surface area (Å²) in [4.78, 5) is 13.2. The molecule has 0 radical (unpaired) electrons. The predicted molar refractivity (Wildman–Crippen MR) is 121 cm³/mol. The fourth-order valence-corrected chi connectivity index (χ4v) is 3.16. The van der Waals surface area contributed by atoms with Crippen LogP contribution < -0.4 is 20.1 Å². The van der Waals surface area contributed by atoms with E-state index in [9.17, 15) is 4.79 Å². The first-order chi connectivity index (χ1) is 15.2. The van der Waals surface area contributed by atoms with Crippen molar-refractivity contribution in [3.63, 3.8) is 0 Å². The van der Waals surface area contributed by atoms with Gasteiger partial charge < -0.3 is 20.1 Å². The first kappa shape index (κ1) is 20.0. The lowest BCUT2D eigenvalue weighted by Crippen LogP contribution is -2.16. The van der Waals surface area contributed by atoms with E-state index in [1.807, 2.05) is 66.7 Å². The van der Waals surface area contributed by atoms with Gasteiger partial charge in [0.1, 0.15) is 17.3 Å². The zero-order valence-electron chi connectivity index (χ0n) is 17.2. The predicted octanol–water partition coefficient (Wildman–Crippen LogP) is 5.08. The lowest BCUT2D eigenvalue weighted by atomic mass is 10.2. The molecule has 0 aliphatic carbocycles. The molecule has 0 unspecified atom stereocenters. The molecule has 156 valence electrons. The summed E-state index contributed by atoms with van der Waals surface area (Å²) < 4.78 is 12.2. The molecule has 0 amide bonds. The number of aromatic nitrogens is 2. The Balaban J connectivity index is 1.73. The van der Waals surface area contributed by atoms with Crippen molar-refractivity contribution in [1.82, 2.24) is 9.78 Å². The number of methoxy groups -OCH3 is 2. The topological polar surface area (TPSA) is 77.4 Å². The number of anilines is 4. The standard InChI is InChI=1S/C24H22N4O3/c1-30-20-14-8-6-12-18(20)25-22-16-23(26-19-13-7-9-15-21(19)31-2)28(27-22)24(29)17-10-4-3-5-11-17/h3-16,26H,1-2H3,(H,25,27). The Morgan fingerprint density at radius 1 is 0.774 bits per heavy atom. The van der Waals surface area contributed by atoms with Crippen LogP contribution in [-0.4, -0.2) is 29.9 Å². The molecule has 7 heteroatoms. The molecule has 4 aromatic rings. The van der Waals surface area contributed by atoms with Crippen molar-refractivity contribution < 1.29 is 14.3 Å². The summed E-state index contributed by atoms with van der Waals surface area (Å²) in [5.41, 5.74) is 1.99. The number of benzene rings is 3. The van der Waals surface area contributed by atoms with E-state index in [1.165, 1.54) is 4.68 Å². The molecule has 31 heavy (non-hydrogen) atoms. The quantitative estimate of drug-likeness (QED) is 0.439. The summed E-state index contributed by atoms with van der Waals surface area (Å²) in [6.45, 7) is 0. The molecule has 2 N–H and O–H groups in total. The maximum atomic E-state index is 13.2. The number of hydrogen-bond acceptors (Lipinski definition) is 6.